The number of carbonyl (C=O) groups excluding carboxylic acids is 2. The van der Waals surface area contributed by atoms with Gasteiger partial charge in [-0.25, -0.2) is 0 Å². The maximum absolute atomic E-state index is 12.2. The van der Waals surface area contributed by atoms with Gasteiger partial charge >= 0.3 is 0 Å². The van der Waals surface area contributed by atoms with Crippen LogP contribution in [0.5, 0.6) is 0 Å². The van der Waals surface area contributed by atoms with Crippen molar-refractivity contribution in [3.8, 4) is 0 Å². The Morgan fingerprint density at radius 3 is 3.18 bits per heavy atom. The Morgan fingerprint density at radius 1 is 1.55 bits per heavy atom. The fourth-order valence-corrected chi connectivity index (χ4v) is 4.01. The molecule has 2 amide bonds. The van der Waals surface area contributed by atoms with Gasteiger partial charge in [-0.05, 0) is 36.8 Å². The second-order valence-corrected chi connectivity index (χ2v) is 7.22. The van der Waals surface area contributed by atoms with Crippen molar-refractivity contribution >= 4 is 23.2 Å². The molecule has 120 valence electrons. The van der Waals surface area contributed by atoms with E-state index in [1.807, 2.05) is 11.3 Å². The second kappa shape index (κ2) is 6.79. The molecule has 3 rings (SSSR count). The molecule has 0 saturated carbocycles. The van der Waals surface area contributed by atoms with Crippen LogP contribution in [0, 0.1) is 5.92 Å². The van der Waals surface area contributed by atoms with E-state index < -0.39 is 0 Å². The van der Waals surface area contributed by atoms with E-state index in [4.69, 9.17) is 0 Å². The highest BCUT2D eigenvalue weighted by Crippen LogP contribution is 2.25. The van der Waals surface area contributed by atoms with Gasteiger partial charge < -0.3 is 10.6 Å². The maximum atomic E-state index is 12.2. The Morgan fingerprint density at radius 2 is 2.41 bits per heavy atom. The van der Waals surface area contributed by atoms with Crippen LogP contribution in [0.25, 0.3) is 0 Å². The summed E-state index contributed by atoms with van der Waals surface area (Å²) in [6, 6.07) is 2.54. The number of nitrogens with one attached hydrogen (secondary N) is 2. The normalized spacial score (nSPS) is 23.5. The molecule has 0 bridgehead atoms. The Balaban J connectivity index is 1.45. The first-order valence-corrected chi connectivity index (χ1v) is 8.85. The van der Waals surface area contributed by atoms with Crippen LogP contribution in [0.2, 0.25) is 0 Å². The average Bonchev–Trinajstić information content (AvgIpc) is 3.00. The Kier molecular flexibility index (Phi) is 4.78. The van der Waals surface area contributed by atoms with E-state index in [0.717, 1.165) is 19.5 Å². The third-order valence-corrected chi connectivity index (χ3v) is 5.69. The number of rotatable bonds is 4. The summed E-state index contributed by atoms with van der Waals surface area (Å²) in [5.41, 5.74) is 1.43. The lowest BCUT2D eigenvalue weighted by Gasteiger charge is -2.33. The van der Waals surface area contributed by atoms with E-state index in [1.165, 1.54) is 10.4 Å². The van der Waals surface area contributed by atoms with Crippen molar-refractivity contribution in [1.82, 2.24) is 15.5 Å². The van der Waals surface area contributed by atoms with Crippen molar-refractivity contribution < 1.29 is 9.59 Å². The Labute approximate surface area is 135 Å². The number of hydrogen-bond acceptors (Lipinski definition) is 4. The molecule has 2 atom stereocenters. The first kappa shape index (κ1) is 15.5. The van der Waals surface area contributed by atoms with E-state index in [2.05, 4.69) is 33.9 Å². The highest BCUT2D eigenvalue weighted by atomic mass is 32.1. The number of hydrogen-bond donors (Lipinski definition) is 2. The molecule has 1 aromatic heterocycles. The standard InChI is InChI=1S/C16H23N3O2S/c1-11(19-6-4-14-13(10-19)5-7-22-14)8-18-16(21)12-2-3-15(20)17-9-12/h5,7,11-12H,2-4,6,8-10H2,1H3,(H,17,20)(H,18,21)/t11-,12+/m0/s1. The summed E-state index contributed by atoms with van der Waals surface area (Å²) in [4.78, 5) is 27.2. The van der Waals surface area contributed by atoms with Gasteiger partial charge in [-0.1, -0.05) is 0 Å². The van der Waals surface area contributed by atoms with Crippen LogP contribution >= 0.6 is 11.3 Å². The molecule has 0 unspecified atom stereocenters. The van der Waals surface area contributed by atoms with Crippen LogP contribution in [0.3, 0.4) is 0 Å². The minimum Gasteiger partial charge on any atom is -0.355 e. The molecule has 3 heterocycles. The van der Waals surface area contributed by atoms with Gasteiger partial charge in [0.05, 0.1) is 5.92 Å². The second-order valence-electron chi connectivity index (χ2n) is 6.22. The largest absolute Gasteiger partial charge is 0.355 e. The topological polar surface area (TPSA) is 61.4 Å². The summed E-state index contributed by atoms with van der Waals surface area (Å²) in [6.45, 7) is 5.35. The molecule has 2 N–H and O–H groups in total. The number of piperidine rings is 1. The number of fused-ring (bicyclic) bond motifs is 1. The molecule has 6 heteroatoms. The zero-order valence-electron chi connectivity index (χ0n) is 12.9. The summed E-state index contributed by atoms with van der Waals surface area (Å²) in [7, 11) is 0. The molecule has 0 aliphatic carbocycles. The molecule has 1 aromatic rings. The van der Waals surface area contributed by atoms with Crippen molar-refractivity contribution in [3.05, 3.63) is 21.9 Å². The molecular weight excluding hydrogens is 298 g/mol. The molecule has 1 saturated heterocycles. The Hall–Kier alpha value is -1.40. The highest BCUT2D eigenvalue weighted by Gasteiger charge is 2.26. The molecule has 2 aliphatic heterocycles. The number of carbonyl (C=O) groups is 2. The van der Waals surface area contributed by atoms with Crippen LogP contribution in [-0.4, -0.2) is 42.4 Å². The van der Waals surface area contributed by atoms with Crippen molar-refractivity contribution in [2.24, 2.45) is 5.92 Å². The molecule has 0 radical (unpaired) electrons. The van der Waals surface area contributed by atoms with Gasteiger partial charge in [-0.3, -0.25) is 14.5 Å². The summed E-state index contributed by atoms with van der Waals surface area (Å²) in [6.07, 6.45) is 2.23. The zero-order chi connectivity index (χ0) is 15.5. The minimum atomic E-state index is -0.0743. The van der Waals surface area contributed by atoms with Crippen molar-refractivity contribution in [3.63, 3.8) is 0 Å². The highest BCUT2D eigenvalue weighted by molar-refractivity contribution is 7.10. The number of thiophene rings is 1. The van der Waals surface area contributed by atoms with E-state index in [1.54, 1.807) is 0 Å². The number of amides is 2. The van der Waals surface area contributed by atoms with E-state index in [-0.39, 0.29) is 17.7 Å². The summed E-state index contributed by atoms with van der Waals surface area (Å²) in [5.74, 6) is 0.0483. The monoisotopic (exact) mass is 321 g/mol. The summed E-state index contributed by atoms with van der Waals surface area (Å²) in [5, 5.41) is 7.98. The van der Waals surface area contributed by atoms with Crippen molar-refractivity contribution in [2.75, 3.05) is 19.6 Å². The number of nitrogens with zero attached hydrogens (tertiary/aromatic N) is 1. The van der Waals surface area contributed by atoms with Gasteiger partial charge in [0, 0.05) is 43.5 Å². The van der Waals surface area contributed by atoms with Crippen LogP contribution in [0.1, 0.15) is 30.2 Å². The van der Waals surface area contributed by atoms with E-state index in [9.17, 15) is 9.59 Å². The van der Waals surface area contributed by atoms with Gasteiger partial charge in [-0.2, -0.15) is 0 Å². The molecule has 0 spiro atoms. The van der Waals surface area contributed by atoms with Crippen molar-refractivity contribution in [1.29, 1.82) is 0 Å². The predicted molar refractivity (Wildman–Crippen MR) is 86.6 cm³/mol. The first-order chi connectivity index (χ1) is 10.6. The van der Waals surface area contributed by atoms with Crippen LogP contribution in [0.15, 0.2) is 11.4 Å². The SMILES string of the molecule is C[C@@H](CNC(=O)[C@@H]1CCC(=O)NC1)N1CCc2sccc2C1. The quantitative estimate of drug-likeness (QED) is 0.874. The Bertz CT molecular complexity index is 547. The fraction of sp³-hybridized carbons (Fsp3) is 0.625. The average molecular weight is 321 g/mol. The smallest absolute Gasteiger partial charge is 0.224 e. The van der Waals surface area contributed by atoms with E-state index in [0.29, 0.717) is 32.0 Å². The van der Waals surface area contributed by atoms with Crippen LogP contribution < -0.4 is 10.6 Å². The van der Waals surface area contributed by atoms with E-state index >= 15 is 0 Å². The van der Waals surface area contributed by atoms with Gasteiger partial charge in [-0.15, -0.1) is 11.3 Å². The lowest BCUT2D eigenvalue weighted by atomic mass is 9.98. The first-order valence-electron chi connectivity index (χ1n) is 7.97. The molecule has 0 aromatic carbocycles. The van der Waals surface area contributed by atoms with Crippen LogP contribution in [0.4, 0.5) is 0 Å². The lowest BCUT2D eigenvalue weighted by Crippen LogP contribution is -2.48. The maximum Gasteiger partial charge on any atom is 0.224 e. The van der Waals surface area contributed by atoms with Gasteiger partial charge in [0.1, 0.15) is 0 Å². The molecule has 2 aliphatic rings. The summed E-state index contributed by atoms with van der Waals surface area (Å²) < 4.78 is 0. The fourth-order valence-electron chi connectivity index (χ4n) is 3.12. The molecule has 22 heavy (non-hydrogen) atoms. The summed E-state index contributed by atoms with van der Waals surface area (Å²) >= 11 is 1.85. The molecule has 5 nitrogen and oxygen atoms in total. The lowest BCUT2D eigenvalue weighted by molar-refractivity contribution is -0.129. The molecule has 1 fully saturated rings. The molecular formula is C16H23N3O2S. The van der Waals surface area contributed by atoms with Crippen LogP contribution in [-0.2, 0) is 22.6 Å². The third kappa shape index (κ3) is 3.50. The predicted octanol–water partition coefficient (Wildman–Crippen LogP) is 1.14. The van der Waals surface area contributed by atoms with Crippen molar-refractivity contribution in [2.45, 2.75) is 38.8 Å². The van der Waals surface area contributed by atoms with Gasteiger partial charge in [0.15, 0.2) is 0 Å². The third-order valence-electron chi connectivity index (χ3n) is 4.67. The van der Waals surface area contributed by atoms with Gasteiger partial charge in [0.25, 0.3) is 0 Å². The minimum absolute atomic E-state index is 0.0531. The zero-order valence-corrected chi connectivity index (χ0v) is 13.7. The van der Waals surface area contributed by atoms with Gasteiger partial charge in [0.2, 0.25) is 11.8 Å².